The summed E-state index contributed by atoms with van der Waals surface area (Å²) >= 11 is 0. The summed E-state index contributed by atoms with van der Waals surface area (Å²) in [5, 5.41) is 0. The lowest BCUT2D eigenvalue weighted by atomic mass is 9.60. The van der Waals surface area contributed by atoms with Gasteiger partial charge in [-0.2, -0.15) is 0 Å². The molecule has 1 nitrogen and oxygen atoms in total. The quantitative estimate of drug-likeness (QED) is 0.559. The van der Waals surface area contributed by atoms with Crippen molar-refractivity contribution in [3.8, 4) is 0 Å². The van der Waals surface area contributed by atoms with Crippen molar-refractivity contribution in [3.63, 3.8) is 0 Å². The van der Waals surface area contributed by atoms with E-state index in [0.29, 0.717) is 5.78 Å². The lowest BCUT2D eigenvalue weighted by Gasteiger charge is -2.43. The van der Waals surface area contributed by atoms with Gasteiger partial charge in [-0.25, -0.2) is 0 Å². The van der Waals surface area contributed by atoms with E-state index in [2.05, 4.69) is 6.92 Å². The molecule has 1 heteroatoms. The molecule has 2 rings (SSSR count). The molecule has 0 N–H and O–H groups in total. The van der Waals surface area contributed by atoms with Crippen LogP contribution in [0.5, 0.6) is 0 Å². The fourth-order valence-corrected chi connectivity index (χ4v) is 3.03. The molecule has 0 bridgehead atoms. The average molecular weight is 182 g/mol. The van der Waals surface area contributed by atoms with Crippen LogP contribution in [-0.2, 0) is 4.79 Å². The van der Waals surface area contributed by atoms with Crippen LogP contribution in [0.1, 0.15) is 59.3 Å². The second-order valence-electron chi connectivity index (χ2n) is 4.68. The zero-order valence-corrected chi connectivity index (χ0v) is 7.94. The van der Waals surface area contributed by atoms with E-state index in [4.69, 9.17) is 0 Å². The predicted molar refractivity (Wildman–Crippen MR) is 55.7 cm³/mol. The van der Waals surface area contributed by atoms with E-state index in [-0.39, 0.29) is 12.8 Å². The molecule has 2 fully saturated rings. The molecule has 2 unspecified atom stereocenters. The molecule has 0 spiro atoms. The summed E-state index contributed by atoms with van der Waals surface area (Å²) in [7, 11) is 0. The van der Waals surface area contributed by atoms with Crippen LogP contribution in [0.15, 0.2) is 0 Å². The SMILES string of the molecule is C.CC12CCCCC1CCCC2=O. The summed E-state index contributed by atoms with van der Waals surface area (Å²) in [5.74, 6) is 1.28. The molecule has 2 atom stereocenters. The molecule has 2 aliphatic rings. The van der Waals surface area contributed by atoms with Crippen LogP contribution in [-0.4, -0.2) is 5.78 Å². The Hall–Kier alpha value is -0.330. The highest BCUT2D eigenvalue weighted by Gasteiger charge is 2.43. The van der Waals surface area contributed by atoms with Crippen LogP contribution in [0.4, 0.5) is 0 Å². The summed E-state index contributed by atoms with van der Waals surface area (Å²) in [6, 6.07) is 0. The van der Waals surface area contributed by atoms with Crippen molar-refractivity contribution in [3.05, 3.63) is 0 Å². The molecule has 0 amide bonds. The topological polar surface area (TPSA) is 17.1 Å². The molecule has 0 heterocycles. The van der Waals surface area contributed by atoms with Crippen molar-refractivity contribution in [1.82, 2.24) is 0 Å². The van der Waals surface area contributed by atoms with Crippen LogP contribution >= 0.6 is 0 Å². The highest BCUT2D eigenvalue weighted by atomic mass is 16.1. The molecule has 2 aliphatic carbocycles. The Balaban J connectivity index is 0.000000845. The minimum atomic E-state index is 0. The van der Waals surface area contributed by atoms with E-state index >= 15 is 0 Å². The van der Waals surface area contributed by atoms with Gasteiger partial charge in [0.25, 0.3) is 0 Å². The third-order valence-corrected chi connectivity index (χ3v) is 3.99. The molecule has 0 aromatic heterocycles. The van der Waals surface area contributed by atoms with Gasteiger partial charge >= 0.3 is 0 Å². The van der Waals surface area contributed by atoms with Gasteiger partial charge in [0.2, 0.25) is 0 Å². The summed E-state index contributed by atoms with van der Waals surface area (Å²) < 4.78 is 0. The number of hydrogen-bond acceptors (Lipinski definition) is 1. The Morgan fingerprint density at radius 1 is 1.23 bits per heavy atom. The van der Waals surface area contributed by atoms with Gasteiger partial charge in [-0.15, -0.1) is 0 Å². The minimum absolute atomic E-state index is 0. The van der Waals surface area contributed by atoms with Gasteiger partial charge in [-0.3, -0.25) is 4.79 Å². The van der Waals surface area contributed by atoms with Gasteiger partial charge in [0.1, 0.15) is 5.78 Å². The number of ketones is 1. The number of Topliss-reactive ketones (excluding diaryl/α,β-unsaturated/α-hetero) is 1. The molecule has 0 saturated heterocycles. The zero-order valence-electron chi connectivity index (χ0n) is 7.94. The van der Waals surface area contributed by atoms with Crippen molar-refractivity contribution >= 4 is 5.78 Å². The maximum Gasteiger partial charge on any atom is 0.139 e. The molecular formula is C12H22O. The van der Waals surface area contributed by atoms with Crippen molar-refractivity contribution in [1.29, 1.82) is 0 Å². The first-order chi connectivity index (χ1) is 5.73. The van der Waals surface area contributed by atoms with Crippen LogP contribution < -0.4 is 0 Å². The lowest BCUT2D eigenvalue weighted by molar-refractivity contribution is -0.136. The van der Waals surface area contributed by atoms with Crippen LogP contribution in [0.3, 0.4) is 0 Å². The largest absolute Gasteiger partial charge is 0.299 e. The van der Waals surface area contributed by atoms with Crippen molar-refractivity contribution < 1.29 is 4.79 Å². The Morgan fingerprint density at radius 2 is 1.92 bits per heavy atom. The van der Waals surface area contributed by atoms with Crippen molar-refractivity contribution in [2.75, 3.05) is 0 Å². The Bertz CT molecular complexity index is 195. The fraction of sp³-hybridized carbons (Fsp3) is 0.917. The summed E-state index contributed by atoms with van der Waals surface area (Å²) in [5.41, 5.74) is 0.0938. The minimum Gasteiger partial charge on any atom is -0.299 e. The molecule has 0 aromatic carbocycles. The first-order valence-corrected chi connectivity index (χ1v) is 5.27. The molecule has 76 valence electrons. The van der Waals surface area contributed by atoms with Crippen molar-refractivity contribution in [2.24, 2.45) is 11.3 Å². The molecule has 0 radical (unpaired) electrons. The third kappa shape index (κ3) is 1.66. The van der Waals surface area contributed by atoms with Gasteiger partial charge in [-0.1, -0.05) is 27.2 Å². The van der Waals surface area contributed by atoms with Crippen LogP contribution in [0.25, 0.3) is 0 Å². The maximum absolute atomic E-state index is 11.8. The summed E-state index contributed by atoms with van der Waals surface area (Å²) in [4.78, 5) is 11.8. The Kier molecular flexibility index (Phi) is 3.15. The van der Waals surface area contributed by atoms with E-state index in [0.717, 1.165) is 25.2 Å². The van der Waals surface area contributed by atoms with Crippen LogP contribution in [0, 0.1) is 11.3 Å². The number of carbonyl (C=O) groups is 1. The van der Waals surface area contributed by atoms with Gasteiger partial charge in [0, 0.05) is 11.8 Å². The molecule has 2 saturated carbocycles. The molecular weight excluding hydrogens is 160 g/mol. The average Bonchev–Trinajstić information content (AvgIpc) is 2.07. The predicted octanol–water partition coefficient (Wildman–Crippen LogP) is 3.57. The van der Waals surface area contributed by atoms with Gasteiger partial charge in [0.05, 0.1) is 0 Å². The molecule has 0 aliphatic heterocycles. The summed E-state index contributed by atoms with van der Waals surface area (Å²) in [6.07, 6.45) is 8.42. The van der Waals surface area contributed by atoms with E-state index in [1.165, 1.54) is 25.7 Å². The first-order valence-electron chi connectivity index (χ1n) is 5.27. The number of hydrogen-bond donors (Lipinski definition) is 0. The fourth-order valence-electron chi connectivity index (χ4n) is 3.03. The second kappa shape index (κ2) is 3.81. The Morgan fingerprint density at radius 3 is 2.62 bits per heavy atom. The highest BCUT2D eigenvalue weighted by Crippen LogP contribution is 2.47. The maximum atomic E-state index is 11.8. The zero-order chi connectivity index (χ0) is 8.60. The smallest absolute Gasteiger partial charge is 0.139 e. The standard InChI is InChI=1S/C11H18O.CH4/c1-11-8-3-2-5-9(11)6-4-7-10(11)12;/h9H,2-8H2,1H3;1H4. The van der Waals surface area contributed by atoms with E-state index in [9.17, 15) is 4.79 Å². The van der Waals surface area contributed by atoms with Gasteiger partial charge in [-0.05, 0) is 31.6 Å². The van der Waals surface area contributed by atoms with E-state index < -0.39 is 0 Å². The van der Waals surface area contributed by atoms with E-state index in [1.54, 1.807) is 0 Å². The molecule has 13 heavy (non-hydrogen) atoms. The van der Waals surface area contributed by atoms with Gasteiger partial charge in [0.15, 0.2) is 0 Å². The number of carbonyl (C=O) groups excluding carboxylic acids is 1. The second-order valence-corrected chi connectivity index (χ2v) is 4.68. The number of rotatable bonds is 0. The normalized spacial score (nSPS) is 39.2. The van der Waals surface area contributed by atoms with Crippen molar-refractivity contribution in [2.45, 2.75) is 59.3 Å². The molecule has 0 aromatic rings. The highest BCUT2D eigenvalue weighted by molar-refractivity contribution is 5.85. The van der Waals surface area contributed by atoms with Crippen LogP contribution in [0.2, 0.25) is 0 Å². The monoisotopic (exact) mass is 182 g/mol. The summed E-state index contributed by atoms with van der Waals surface area (Å²) in [6.45, 7) is 2.21. The first kappa shape index (κ1) is 10.7. The van der Waals surface area contributed by atoms with E-state index in [1.807, 2.05) is 0 Å². The van der Waals surface area contributed by atoms with Gasteiger partial charge < -0.3 is 0 Å². The Labute approximate surface area is 81.9 Å². The third-order valence-electron chi connectivity index (χ3n) is 3.99. The lowest BCUT2D eigenvalue weighted by Crippen LogP contribution is -2.41. The number of fused-ring (bicyclic) bond motifs is 1.